The molecule has 0 saturated carbocycles. The zero-order valence-corrected chi connectivity index (χ0v) is 17.8. The Morgan fingerprint density at radius 1 is 1.28 bits per heavy atom. The predicted octanol–water partition coefficient (Wildman–Crippen LogP) is 3.87. The highest BCUT2D eigenvalue weighted by molar-refractivity contribution is 8.00. The Labute approximate surface area is 178 Å². The zero-order chi connectivity index (χ0) is 21.0. The highest BCUT2D eigenvalue weighted by atomic mass is 35.5. The summed E-state index contributed by atoms with van der Waals surface area (Å²) in [5.74, 6) is -0.363. The predicted molar refractivity (Wildman–Crippen MR) is 112 cm³/mol. The maximum absolute atomic E-state index is 13.4. The molecule has 1 unspecified atom stereocenters. The molecular weight excluding hydrogens is 415 g/mol. The molecule has 2 aromatic rings. The summed E-state index contributed by atoms with van der Waals surface area (Å²) < 4.78 is 19.2. The molecule has 8 heteroatoms. The first-order valence-electron chi connectivity index (χ1n) is 9.14. The van der Waals surface area contributed by atoms with Crippen LogP contribution < -0.4 is 0 Å². The fourth-order valence-corrected chi connectivity index (χ4v) is 4.17. The van der Waals surface area contributed by atoms with Crippen molar-refractivity contribution >= 4 is 35.2 Å². The van der Waals surface area contributed by atoms with Crippen LogP contribution in [0.1, 0.15) is 22.0 Å². The average Bonchev–Trinajstić information content (AvgIpc) is 2.73. The van der Waals surface area contributed by atoms with Crippen molar-refractivity contribution in [2.75, 3.05) is 39.5 Å². The number of morpholine rings is 1. The van der Waals surface area contributed by atoms with Crippen molar-refractivity contribution in [1.82, 2.24) is 9.80 Å². The lowest BCUT2D eigenvalue weighted by molar-refractivity contribution is -0.125. The first-order chi connectivity index (χ1) is 13.9. The number of carbonyl (C=O) groups excluding carboxylic acids is 2. The van der Waals surface area contributed by atoms with Crippen LogP contribution in [0.3, 0.4) is 0 Å². The Balaban J connectivity index is 1.74. The van der Waals surface area contributed by atoms with Gasteiger partial charge in [0.2, 0.25) is 5.91 Å². The first kappa shape index (κ1) is 21.6. The minimum atomic E-state index is -0.489. The maximum Gasteiger partial charge on any atom is 0.255 e. The third kappa shape index (κ3) is 5.29. The molecule has 0 aromatic heterocycles. The van der Waals surface area contributed by atoms with Crippen LogP contribution >= 0.6 is 23.4 Å². The molecule has 5 nitrogen and oxygen atoms in total. The van der Waals surface area contributed by atoms with Crippen LogP contribution in [0.2, 0.25) is 5.02 Å². The number of nitrogens with zero attached hydrogens (tertiary/aromatic N) is 2. The number of rotatable bonds is 5. The molecule has 2 amide bonds. The first-order valence-corrected chi connectivity index (χ1v) is 10.5. The van der Waals surface area contributed by atoms with Gasteiger partial charge in [0.15, 0.2) is 0 Å². The highest BCUT2D eigenvalue weighted by Gasteiger charge is 2.28. The fraction of sp³-hybridized carbons (Fsp3) is 0.333. The average molecular weight is 437 g/mol. The second-order valence-corrected chi connectivity index (χ2v) is 8.28. The van der Waals surface area contributed by atoms with Crippen LogP contribution in [0.25, 0.3) is 0 Å². The third-order valence-corrected chi connectivity index (χ3v) is 5.98. The normalized spacial score (nSPS) is 16.6. The number of hydrogen-bond donors (Lipinski definition) is 0. The van der Waals surface area contributed by atoms with Gasteiger partial charge < -0.3 is 14.5 Å². The van der Waals surface area contributed by atoms with E-state index in [0.717, 1.165) is 10.5 Å². The van der Waals surface area contributed by atoms with E-state index in [1.807, 2.05) is 18.2 Å². The molecule has 1 aliphatic heterocycles. The van der Waals surface area contributed by atoms with Gasteiger partial charge in [-0.3, -0.25) is 9.59 Å². The van der Waals surface area contributed by atoms with E-state index in [4.69, 9.17) is 16.3 Å². The third-order valence-electron chi connectivity index (χ3n) is 4.64. The molecule has 0 bridgehead atoms. The molecule has 0 N–H and O–H groups in total. The van der Waals surface area contributed by atoms with Gasteiger partial charge in [-0.05, 0) is 29.8 Å². The number of amides is 2. The Morgan fingerprint density at radius 2 is 2.03 bits per heavy atom. The topological polar surface area (TPSA) is 49.9 Å². The lowest BCUT2D eigenvalue weighted by Crippen LogP contribution is -2.42. The standard InChI is InChI=1S/C21H22ClFN2O3S/c1-24(2)20(26)13-29-19-6-4-3-5-15(19)21(27)25-9-10-28-18(12-25)14-7-8-17(23)16(22)11-14/h3-8,11,18H,9-10,12-13H2,1-2H3. The minimum Gasteiger partial charge on any atom is -0.370 e. The summed E-state index contributed by atoms with van der Waals surface area (Å²) in [7, 11) is 3.41. The Hall–Kier alpha value is -2.09. The Morgan fingerprint density at radius 3 is 2.76 bits per heavy atom. The van der Waals surface area contributed by atoms with Gasteiger partial charge in [0.05, 0.1) is 29.5 Å². The van der Waals surface area contributed by atoms with Crippen molar-refractivity contribution in [3.63, 3.8) is 0 Å². The van der Waals surface area contributed by atoms with Crippen molar-refractivity contribution in [2.24, 2.45) is 0 Å². The summed E-state index contributed by atoms with van der Waals surface area (Å²) in [5, 5.41) is 0.0295. The van der Waals surface area contributed by atoms with Gasteiger partial charge in [-0.2, -0.15) is 0 Å². The summed E-state index contributed by atoms with van der Waals surface area (Å²) in [6.45, 7) is 1.18. The molecule has 1 heterocycles. The van der Waals surface area contributed by atoms with E-state index >= 15 is 0 Å². The molecule has 1 fully saturated rings. The van der Waals surface area contributed by atoms with Crippen molar-refractivity contribution in [3.8, 4) is 0 Å². The number of benzene rings is 2. The summed E-state index contributed by atoms with van der Waals surface area (Å²) in [6.07, 6.45) is -0.374. The molecule has 0 aliphatic carbocycles. The van der Waals surface area contributed by atoms with Gasteiger partial charge in [0.1, 0.15) is 11.9 Å². The monoisotopic (exact) mass is 436 g/mol. The van der Waals surface area contributed by atoms with Crippen LogP contribution in [0.15, 0.2) is 47.4 Å². The molecule has 2 aromatic carbocycles. The summed E-state index contributed by atoms with van der Waals surface area (Å²) in [6, 6.07) is 11.7. The van der Waals surface area contributed by atoms with Gasteiger partial charge in [-0.25, -0.2) is 4.39 Å². The van der Waals surface area contributed by atoms with Crippen LogP contribution in [0, 0.1) is 5.82 Å². The highest BCUT2D eigenvalue weighted by Crippen LogP contribution is 2.29. The van der Waals surface area contributed by atoms with Crippen molar-refractivity contribution in [1.29, 1.82) is 0 Å². The van der Waals surface area contributed by atoms with Crippen LogP contribution in [-0.4, -0.2) is 61.2 Å². The van der Waals surface area contributed by atoms with Crippen LogP contribution in [-0.2, 0) is 9.53 Å². The van der Waals surface area contributed by atoms with Gasteiger partial charge in [0, 0.05) is 25.5 Å². The molecule has 29 heavy (non-hydrogen) atoms. The minimum absolute atomic E-state index is 0.0168. The van der Waals surface area contributed by atoms with E-state index in [9.17, 15) is 14.0 Å². The molecular formula is C21H22ClFN2O3S. The van der Waals surface area contributed by atoms with Crippen LogP contribution in [0.4, 0.5) is 4.39 Å². The van der Waals surface area contributed by atoms with Crippen molar-refractivity contribution in [2.45, 2.75) is 11.0 Å². The van der Waals surface area contributed by atoms with Gasteiger partial charge in [-0.15, -0.1) is 11.8 Å². The van der Waals surface area contributed by atoms with Crippen molar-refractivity contribution in [3.05, 3.63) is 64.4 Å². The van der Waals surface area contributed by atoms with Gasteiger partial charge >= 0.3 is 0 Å². The van der Waals surface area contributed by atoms with E-state index in [0.29, 0.717) is 25.3 Å². The lowest BCUT2D eigenvalue weighted by atomic mass is 10.1. The lowest BCUT2D eigenvalue weighted by Gasteiger charge is -2.33. The molecule has 0 spiro atoms. The number of hydrogen-bond acceptors (Lipinski definition) is 4. The molecule has 1 saturated heterocycles. The molecule has 3 rings (SSSR count). The van der Waals surface area contributed by atoms with E-state index in [1.54, 1.807) is 31.1 Å². The number of halogens is 2. The van der Waals surface area contributed by atoms with E-state index in [-0.39, 0.29) is 28.7 Å². The summed E-state index contributed by atoms with van der Waals surface area (Å²) >= 11 is 7.23. The Kier molecular flexibility index (Phi) is 7.16. The van der Waals surface area contributed by atoms with E-state index in [1.165, 1.54) is 28.8 Å². The van der Waals surface area contributed by atoms with E-state index in [2.05, 4.69) is 0 Å². The smallest absolute Gasteiger partial charge is 0.255 e. The Bertz CT molecular complexity index is 909. The maximum atomic E-state index is 13.4. The molecule has 1 aliphatic rings. The van der Waals surface area contributed by atoms with Crippen LogP contribution in [0.5, 0.6) is 0 Å². The number of carbonyl (C=O) groups is 2. The number of thioether (sulfide) groups is 1. The SMILES string of the molecule is CN(C)C(=O)CSc1ccccc1C(=O)N1CCOC(c2ccc(F)c(Cl)c2)C1. The van der Waals surface area contributed by atoms with E-state index < -0.39 is 5.82 Å². The second kappa shape index (κ2) is 9.61. The summed E-state index contributed by atoms with van der Waals surface area (Å²) in [4.78, 5) is 29.1. The summed E-state index contributed by atoms with van der Waals surface area (Å²) in [5.41, 5.74) is 1.29. The van der Waals surface area contributed by atoms with Crippen molar-refractivity contribution < 1.29 is 18.7 Å². The zero-order valence-electron chi connectivity index (χ0n) is 16.2. The molecule has 154 valence electrons. The molecule has 0 radical (unpaired) electrons. The molecule has 1 atom stereocenters. The number of ether oxygens (including phenoxy) is 1. The van der Waals surface area contributed by atoms with Gasteiger partial charge in [-0.1, -0.05) is 29.8 Å². The largest absolute Gasteiger partial charge is 0.370 e. The second-order valence-electron chi connectivity index (χ2n) is 6.86. The van der Waals surface area contributed by atoms with Gasteiger partial charge in [0.25, 0.3) is 5.91 Å². The fourth-order valence-electron chi connectivity index (χ4n) is 2.96. The quantitative estimate of drug-likeness (QED) is 0.667.